The summed E-state index contributed by atoms with van der Waals surface area (Å²) in [7, 11) is 0. The molecule has 84 valence electrons. The van der Waals surface area contributed by atoms with Crippen LogP contribution in [0.4, 0.5) is 0 Å². The van der Waals surface area contributed by atoms with E-state index in [4.69, 9.17) is 9.47 Å². The molecule has 0 aliphatic carbocycles. The molecule has 2 fully saturated rings. The Hall–Kier alpha value is -0.0800. The largest absolute Gasteiger partial charge is 0.372 e. The number of rotatable bonds is 1. The fourth-order valence-electron chi connectivity index (χ4n) is 2.65. The predicted octanol–water partition coefficient (Wildman–Crippen LogP) is 3.01. The number of hydrogen-bond donors (Lipinski definition) is 0. The topological polar surface area (TPSA) is 18.5 Å². The van der Waals surface area contributed by atoms with Crippen LogP contribution in [0.5, 0.6) is 0 Å². The number of hydrogen-bond acceptors (Lipinski definition) is 2. The lowest BCUT2D eigenvalue weighted by molar-refractivity contribution is -0.187. The van der Waals surface area contributed by atoms with Gasteiger partial charge in [0.05, 0.1) is 18.8 Å². The normalized spacial score (nSPS) is 45.6. The highest BCUT2D eigenvalue weighted by atomic mass is 16.6. The fourth-order valence-corrected chi connectivity index (χ4v) is 2.65. The van der Waals surface area contributed by atoms with Gasteiger partial charge in [-0.05, 0) is 13.3 Å². The van der Waals surface area contributed by atoms with E-state index in [0.29, 0.717) is 18.1 Å². The van der Waals surface area contributed by atoms with E-state index in [0.717, 1.165) is 13.0 Å². The zero-order valence-electron chi connectivity index (χ0n) is 10.2. The van der Waals surface area contributed by atoms with Crippen LogP contribution in [-0.2, 0) is 9.47 Å². The maximum atomic E-state index is 5.86. The van der Waals surface area contributed by atoms with E-state index >= 15 is 0 Å². The van der Waals surface area contributed by atoms with Crippen LogP contribution in [0.1, 0.15) is 47.5 Å². The molecule has 0 N–H and O–H groups in total. The first kappa shape index (κ1) is 12.0. The third-order valence-electron chi connectivity index (χ3n) is 3.66. The van der Waals surface area contributed by atoms with Gasteiger partial charge in [0.1, 0.15) is 5.60 Å². The molecule has 0 aromatic carbocycles. The van der Waals surface area contributed by atoms with Gasteiger partial charge in [0.25, 0.3) is 0 Å². The van der Waals surface area contributed by atoms with Crippen LogP contribution < -0.4 is 0 Å². The van der Waals surface area contributed by atoms with E-state index in [-0.39, 0.29) is 5.60 Å². The first-order valence-electron chi connectivity index (χ1n) is 6.00. The van der Waals surface area contributed by atoms with Crippen molar-refractivity contribution in [3.63, 3.8) is 0 Å². The highest BCUT2D eigenvalue weighted by molar-refractivity contribution is 5.04. The zero-order valence-corrected chi connectivity index (χ0v) is 10.2. The highest BCUT2D eigenvalue weighted by Crippen LogP contribution is 2.47. The quantitative estimate of drug-likeness (QED) is 0.648. The second-order valence-corrected chi connectivity index (χ2v) is 4.07. The predicted molar refractivity (Wildman–Crippen MR) is 58.4 cm³/mol. The van der Waals surface area contributed by atoms with Crippen LogP contribution in [0.15, 0.2) is 0 Å². The lowest BCUT2D eigenvalue weighted by atomic mass is 9.78. The molecule has 0 aromatic heterocycles. The van der Waals surface area contributed by atoms with Crippen molar-refractivity contribution in [2.75, 3.05) is 6.61 Å². The van der Waals surface area contributed by atoms with E-state index in [1.54, 1.807) is 0 Å². The molecule has 14 heavy (non-hydrogen) atoms. The smallest absolute Gasteiger partial charge is 0.101 e. The molecular formula is C12H24O2. The molecule has 0 bridgehead atoms. The summed E-state index contributed by atoms with van der Waals surface area (Å²) in [6, 6.07) is 0. The van der Waals surface area contributed by atoms with Crippen molar-refractivity contribution in [1.29, 1.82) is 0 Å². The molecule has 0 radical (unpaired) electrons. The Kier molecular flexibility index (Phi) is 3.96. The van der Waals surface area contributed by atoms with Crippen LogP contribution in [-0.4, -0.2) is 24.4 Å². The van der Waals surface area contributed by atoms with Gasteiger partial charge in [-0.25, -0.2) is 0 Å². The first-order valence-corrected chi connectivity index (χ1v) is 6.00. The minimum Gasteiger partial charge on any atom is -0.372 e. The second kappa shape index (κ2) is 4.63. The van der Waals surface area contributed by atoms with Gasteiger partial charge in [0.15, 0.2) is 0 Å². The average molecular weight is 200 g/mol. The third kappa shape index (κ3) is 1.59. The van der Waals surface area contributed by atoms with Crippen LogP contribution in [0.3, 0.4) is 0 Å². The van der Waals surface area contributed by atoms with Crippen molar-refractivity contribution < 1.29 is 9.47 Å². The van der Waals surface area contributed by atoms with Crippen molar-refractivity contribution >= 4 is 0 Å². The Balaban J connectivity index is 0.000000461. The number of ether oxygens (including phenoxy) is 2. The molecule has 2 nitrogen and oxygen atoms in total. The Morgan fingerprint density at radius 2 is 1.86 bits per heavy atom. The van der Waals surface area contributed by atoms with Crippen molar-refractivity contribution in [2.24, 2.45) is 5.92 Å². The fraction of sp³-hybridized carbons (Fsp3) is 1.00. The van der Waals surface area contributed by atoms with Crippen molar-refractivity contribution in [3.8, 4) is 0 Å². The molecular weight excluding hydrogens is 176 g/mol. The van der Waals surface area contributed by atoms with Gasteiger partial charge in [0.2, 0.25) is 0 Å². The van der Waals surface area contributed by atoms with Gasteiger partial charge in [-0.2, -0.15) is 0 Å². The van der Waals surface area contributed by atoms with E-state index in [9.17, 15) is 0 Å². The summed E-state index contributed by atoms with van der Waals surface area (Å²) in [5, 5.41) is 0. The van der Waals surface area contributed by atoms with Gasteiger partial charge in [0, 0.05) is 12.3 Å². The van der Waals surface area contributed by atoms with Crippen LogP contribution >= 0.6 is 0 Å². The van der Waals surface area contributed by atoms with Gasteiger partial charge in [-0.1, -0.05) is 27.7 Å². The van der Waals surface area contributed by atoms with Gasteiger partial charge in [-0.15, -0.1) is 0 Å². The molecule has 0 amide bonds. The summed E-state index contributed by atoms with van der Waals surface area (Å²) in [6.07, 6.45) is 3.01. The molecule has 2 heterocycles. The van der Waals surface area contributed by atoms with E-state index in [1.165, 1.54) is 6.42 Å². The zero-order chi connectivity index (χ0) is 10.8. The van der Waals surface area contributed by atoms with Crippen LogP contribution in [0, 0.1) is 5.92 Å². The summed E-state index contributed by atoms with van der Waals surface area (Å²) in [5.41, 5.74) is 0.0840. The minimum absolute atomic E-state index is 0.0840. The lowest BCUT2D eigenvalue weighted by Gasteiger charge is -2.44. The van der Waals surface area contributed by atoms with Crippen molar-refractivity contribution in [2.45, 2.75) is 65.3 Å². The Bertz CT molecular complexity index is 175. The van der Waals surface area contributed by atoms with E-state index < -0.39 is 0 Å². The van der Waals surface area contributed by atoms with E-state index in [2.05, 4.69) is 20.8 Å². The Morgan fingerprint density at radius 3 is 2.07 bits per heavy atom. The summed E-state index contributed by atoms with van der Waals surface area (Å²) < 4.78 is 11.6. The molecule has 2 rings (SSSR count). The molecule has 0 saturated carbocycles. The molecule has 2 aliphatic heterocycles. The standard InChI is InChI=1S/C10H18O2.C2H6/c1-4-9-7(2)10(5-6-11-10)8(3)12-9;1-2/h7-9H,4-6H2,1-3H3;1-2H3/t7-,8+,9-,10-;/m1./s1. The maximum absolute atomic E-state index is 5.86. The summed E-state index contributed by atoms with van der Waals surface area (Å²) in [5.74, 6) is 0.575. The molecule has 2 aliphatic rings. The maximum Gasteiger partial charge on any atom is 0.101 e. The molecule has 2 saturated heterocycles. The highest BCUT2D eigenvalue weighted by Gasteiger charge is 2.56. The molecule has 1 spiro atoms. The lowest BCUT2D eigenvalue weighted by Crippen LogP contribution is -2.53. The Labute approximate surface area is 88.0 Å². The Morgan fingerprint density at radius 1 is 1.29 bits per heavy atom. The van der Waals surface area contributed by atoms with E-state index in [1.807, 2.05) is 13.8 Å². The summed E-state index contributed by atoms with van der Waals surface area (Å²) in [6.45, 7) is 11.5. The molecule has 0 unspecified atom stereocenters. The van der Waals surface area contributed by atoms with Crippen LogP contribution in [0.25, 0.3) is 0 Å². The molecule has 0 aromatic rings. The second-order valence-electron chi connectivity index (χ2n) is 4.07. The first-order chi connectivity index (χ1) is 6.70. The van der Waals surface area contributed by atoms with Gasteiger partial charge >= 0.3 is 0 Å². The summed E-state index contributed by atoms with van der Waals surface area (Å²) >= 11 is 0. The van der Waals surface area contributed by atoms with Gasteiger partial charge < -0.3 is 9.47 Å². The van der Waals surface area contributed by atoms with Crippen LogP contribution in [0.2, 0.25) is 0 Å². The SMILES string of the molecule is CC.CC[C@H]1O[C@@H](C)[C@@]2(CCO2)[C@@H]1C. The molecule has 4 atom stereocenters. The molecule has 2 heteroatoms. The van der Waals surface area contributed by atoms with Crippen molar-refractivity contribution in [1.82, 2.24) is 0 Å². The summed E-state index contributed by atoms with van der Waals surface area (Å²) in [4.78, 5) is 0. The monoisotopic (exact) mass is 200 g/mol. The minimum atomic E-state index is 0.0840. The van der Waals surface area contributed by atoms with Gasteiger partial charge in [-0.3, -0.25) is 0 Å². The third-order valence-corrected chi connectivity index (χ3v) is 3.66. The van der Waals surface area contributed by atoms with Crippen molar-refractivity contribution in [3.05, 3.63) is 0 Å². The average Bonchev–Trinajstić information content (AvgIpc) is 2.40.